The third-order valence-corrected chi connectivity index (χ3v) is 5.56. The van der Waals surface area contributed by atoms with Crippen molar-refractivity contribution in [3.8, 4) is 0 Å². The van der Waals surface area contributed by atoms with E-state index >= 15 is 0 Å². The number of nitrogens with zero attached hydrogens (tertiary/aromatic N) is 1. The monoisotopic (exact) mass is 408 g/mol. The number of aromatic nitrogens is 2. The smallest absolute Gasteiger partial charge is 0.315 e. The Bertz CT molecular complexity index is 1040. The first-order valence-corrected chi connectivity index (χ1v) is 10.3. The first-order valence-electron chi connectivity index (χ1n) is 9.46. The van der Waals surface area contributed by atoms with Gasteiger partial charge in [0.15, 0.2) is 0 Å². The van der Waals surface area contributed by atoms with Gasteiger partial charge in [-0.05, 0) is 47.7 Å². The minimum absolute atomic E-state index is 0.252. The summed E-state index contributed by atoms with van der Waals surface area (Å²) >= 11 is 1.55. The number of urea groups is 1. The Labute approximate surface area is 172 Å². The maximum Gasteiger partial charge on any atom is 0.315 e. The van der Waals surface area contributed by atoms with E-state index in [1.54, 1.807) is 23.5 Å². The second kappa shape index (κ2) is 8.87. The van der Waals surface area contributed by atoms with Gasteiger partial charge in [-0.25, -0.2) is 14.2 Å². The van der Waals surface area contributed by atoms with Crippen molar-refractivity contribution in [1.82, 2.24) is 20.6 Å². The van der Waals surface area contributed by atoms with E-state index in [4.69, 9.17) is 0 Å². The van der Waals surface area contributed by atoms with E-state index in [0.717, 1.165) is 40.1 Å². The number of nitrogens with one attached hydrogen (secondary N) is 3. The van der Waals surface area contributed by atoms with Crippen LogP contribution in [0.5, 0.6) is 0 Å². The molecule has 0 saturated carbocycles. The molecule has 0 unspecified atom stereocenters. The summed E-state index contributed by atoms with van der Waals surface area (Å²) in [5.74, 6) is 0.616. The van der Waals surface area contributed by atoms with Crippen molar-refractivity contribution in [2.45, 2.75) is 18.9 Å². The summed E-state index contributed by atoms with van der Waals surface area (Å²) in [4.78, 5) is 21.3. The molecule has 0 aliphatic rings. The molecule has 0 saturated heterocycles. The normalized spacial score (nSPS) is 12.0. The summed E-state index contributed by atoms with van der Waals surface area (Å²) < 4.78 is 13.3. The van der Waals surface area contributed by atoms with Crippen LogP contribution in [0.25, 0.3) is 11.0 Å². The Morgan fingerprint density at radius 2 is 1.93 bits per heavy atom. The molecule has 0 bridgehead atoms. The molecule has 4 rings (SSSR count). The molecular formula is C22H21FN4OS. The summed E-state index contributed by atoms with van der Waals surface area (Å²) in [5.41, 5.74) is 2.81. The minimum Gasteiger partial charge on any atom is -0.342 e. The highest BCUT2D eigenvalue weighted by Crippen LogP contribution is 2.26. The van der Waals surface area contributed by atoms with Crippen LogP contribution in [0.4, 0.5) is 9.18 Å². The van der Waals surface area contributed by atoms with Crippen LogP contribution < -0.4 is 10.6 Å². The number of halogens is 1. The maximum atomic E-state index is 13.3. The van der Waals surface area contributed by atoms with Crippen molar-refractivity contribution in [3.05, 3.63) is 88.1 Å². The van der Waals surface area contributed by atoms with E-state index in [0.29, 0.717) is 6.54 Å². The molecule has 7 heteroatoms. The molecule has 2 heterocycles. The topological polar surface area (TPSA) is 69.8 Å². The Kier molecular flexibility index (Phi) is 5.86. The summed E-state index contributed by atoms with van der Waals surface area (Å²) in [5, 5.41) is 7.85. The highest BCUT2D eigenvalue weighted by atomic mass is 32.1. The predicted molar refractivity (Wildman–Crippen MR) is 114 cm³/mol. The van der Waals surface area contributed by atoms with Gasteiger partial charge in [-0.1, -0.05) is 30.3 Å². The minimum atomic E-state index is -0.314. The van der Waals surface area contributed by atoms with Crippen molar-refractivity contribution < 1.29 is 9.18 Å². The maximum absolute atomic E-state index is 13.3. The third-order valence-electron chi connectivity index (χ3n) is 4.62. The fraction of sp³-hybridized carbons (Fsp3) is 0.182. The van der Waals surface area contributed by atoms with Gasteiger partial charge >= 0.3 is 6.03 Å². The van der Waals surface area contributed by atoms with Gasteiger partial charge in [-0.3, -0.25) is 0 Å². The molecular weight excluding hydrogens is 387 g/mol. The summed E-state index contributed by atoms with van der Waals surface area (Å²) in [7, 11) is 0. The van der Waals surface area contributed by atoms with Gasteiger partial charge in [0.05, 0.1) is 17.1 Å². The Morgan fingerprint density at radius 3 is 2.69 bits per heavy atom. The average molecular weight is 409 g/mol. The first-order chi connectivity index (χ1) is 14.2. The third kappa shape index (κ3) is 4.81. The number of hydrogen-bond donors (Lipinski definition) is 3. The summed E-state index contributed by atoms with van der Waals surface area (Å²) in [6, 6.07) is 17.4. The molecule has 0 fully saturated rings. The molecule has 3 N–H and O–H groups in total. The second-order valence-corrected chi connectivity index (χ2v) is 7.68. The number of para-hydroxylation sites is 2. The number of amides is 2. The van der Waals surface area contributed by atoms with E-state index in [-0.39, 0.29) is 17.9 Å². The van der Waals surface area contributed by atoms with Crippen molar-refractivity contribution >= 4 is 28.4 Å². The summed E-state index contributed by atoms with van der Waals surface area (Å²) in [6.45, 7) is 0.531. The number of rotatable bonds is 7. The van der Waals surface area contributed by atoms with E-state index in [1.807, 2.05) is 41.8 Å². The molecule has 4 aromatic rings. The number of fused-ring (bicyclic) bond motifs is 1. The van der Waals surface area contributed by atoms with Crippen LogP contribution in [0.2, 0.25) is 0 Å². The molecule has 5 nitrogen and oxygen atoms in total. The number of aromatic amines is 1. The van der Waals surface area contributed by atoms with Gasteiger partial charge in [-0.2, -0.15) is 0 Å². The van der Waals surface area contributed by atoms with Crippen molar-refractivity contribution in [2.75, 3.05) is 6.54 Å². The van der Waals surface area contributed by atoms with Crippen LogP contribution >= 0.6 is 11.3 Å². The van der Waals surface area contributed by atoms with Gasteiger partial charge in [0, 0.05) is 17.8 Å². The number of carbonyl (C=O) groups is 1. The first kappa shape index (κ1) is 19.1. The van der Waals surface area contributed by atoms with Gasteiger partial charge in [-0.15, -0.1) is 11.3 Å². The zero-order chi connectivity index (χ0) is 20.1. The van der Waals surface area contributed by atoms with E-state index in [2.05, 4.69) is 20.6 Å². The average Bonchev–Trinajstić information content (AvgIpc) is 3.40. The fourth-order valence-electron chi connectivity index (χ4n) is 3.19. The van der Waals surface area contributed by atoms with E-state index in [9.17, 15) is 9.18 Å². The molecule has 2 aromatic carbocycles. The quantitative estimate of drug-likeness (QED) is 0.385. The van der Waals surface area contributed by atoms with Crippen LogP contribution in [-0.2, 0) is 6.42 Å². The molecule has 2 aromatic heterocycles. The number of hydrogen-bond acceptors (Lipinski definition) is 3. The molecule has 1 atom stereocenters. The molecule has 0 aliphatic carbocycles. The number of carbonyl (C=O) groups excluding carboxylic acids is 1. The number of benzene rings is 2. The second-order valence-electron chi connectivity index (χ2n) is 6.70. The Morgan fingerprint density at radius 1 is 1.10 bits per heavy atom. The van der Waals surface area contributed by atoms with E-state index in [1.165, 1.54) is 12.1 Å². The molecule has 0 spiro atoms. The Hall–Kier alpha value is -3.19. The van der Waals surface area contributed by atoms with Crippen LogP contribution in [0.1, 0.15) is 28.7 Å². The van der Waals surface area contributed by atoms with Gasteiger partial charge in [0.25, 0.3) is 0 Å². The van der Waals surface area contributed by atoms with Gasteiger partial charge in [0.1, 0.15) is 11.6 Å². The molecule has 2 amide bonds. The van der Waals surface area contributed by atoms with Crippen molar-refractivity contribution in [1.29, 1.82) is 0 Å². The fourth-order valence-corrected chi connectivity index (χ4v) is 4.00. The SMILES string of the molecule is O=C(NCCCc1nc2ccccc2[nH]1)N[C@@H](c1ccc(F)cc1)c1cccs1. The zero-order valence-corrected chi connectivity index (χ0v) is 16.5. The Balaban J connectivity index is 1.31. The van der Waals surface area contributed by atoms with E-state index < -0.39 is 0 Å². The highest BCUT2D eigenvalue weighted by molar-refractivity contribution is 7.10. The molecule has 0 radical (unpaired) electrons. The zero-order valence-electron chi connectivity index (χ0n) is 15.7. The standard InChI is InChI=1S/C22H21FN4OS/c23-16-11-9-15(10-12-16)21(19-7-4-14-29-19)27-22(28)24-13-3-8-20-25-17-5-1-2-6-18(17)26-20/h1-2,4-7,9-12,14,21H,3,8,13H2,(H,25,26)(H2,24,27,28)/t21-/m0/s1. The van der Waals surface area contributed by atoms with Crippen LogP contribution in [0.15, 0.2) is 66.0 Å². The van der Waals surface area contributed by atoms with Crippen molar-refractivity contribution in [3.63, 3.8) is 0 Å². The number of H-pyrrole nitrogens is 1. The lowest BCUT2D eigenvalue weighted by Crippen LogP contribution is -2.38. The molecule has 29 heavy (non-hydrogen) atoms. The number of imidazole rings is 1. The van der Waals surface area contributed by atoms with Gasteiger partial charge < -0.3 is 15.6 Å². The lowest BCUT2D eigenvalue weighted by molar-refractivity contribution is 0.238. The highest BCUT2D eigenvalue weighted by Gasteiger charge is 2.17. The van der Waals surface area contributed by atoms with Crippen LogP contribution in [0.3, 0.4) is 0 Å². The lowest BCUT2D eigenvalue weighted by Gasteiger charge is -2.18. The van der Waals surface area contributed by atoms with Crippen LogP contribution in [0, 0.1) is 5.82 Å². The number of aryl methyl sites for hydroxylation is 1. The largest absolute Gasteiger partial charge is 0.342 e. The van der Waals surface area contributed by atoms with Crippen LogP contribution in [-0.4, -0.2) is 22.5 Å². The van der Waals surface area contributed by atoms with Gasteiger partial charge in [0.2, 0.25) is 0 Å². The molecule has 148 valence electrons. The predicted octanol–water partition coefficient (Wildman–Crippen LogP) is 4.78. The van der Waals surface area contributed by atoms with Crippen molar-refractivity contribution in [2.24, 2.45) is 0 Å². The number of thiophene rings is 1. The summed E-state index contributed by atoms with van der Waals surface area (Å²) in [6.07, 6.45) is 1.52. The lowest BCUT2D eigenvalue weighted by atomic mass is 10.1. The molecule has 0 aliphatic heterocycles.